The van der Waals surface area contributed by atoms with E-state index in [0.717, 1.165) is 30.8 Å². The summed E-state index contributed by atoms with van der Waals surface area (Å²) in [6, 6.07) is 6.10. The predicted molar refractivity (Wildman–Crippen MR) is 82.6 cm³/mol. The number of benzene rings is 1. The molecule has 0 radical (unpaired) electrons. The molecule has 0 amide bonds. The first-order chi connectivity index (χ1) is 9.40. The fourth-order valence-electron chi connectivity index (χ4n) is 2.78. The Hall–Kier alpha value is -1.22. The Morgan fingerprint density at radius 2 is 1.95 bits per heavy atom. The van der Waals surface area contributed by atoms with Gasteiger partial charge in [0, 0.05) is 5.56 Å². The molecule has 2 rings (SSSR count). The molecule has 0 aromatic heterocycles. The molecule has 0 spiro atoms. The second-order valence-corrected chi connectivity index (χ2v) is 6.79. The van der Waals surface area contributed by atoms with Gasteiger partial charge in [0.15, 0.2) is 0 Å². The van der Waals surface area contributed by atoms with Gasteiger partial charge < -0.3 is 15.2 Å². The van der Waals surface area contributed by atoms with Crippen LogP contribution in [0.4, 0.5) is 0 Å². The second-order valence-electron chi connectivity index (χ2n) is 6.79. The van der Waals surface area contributed by atoms with Crippen molar-refractivity contribution in [2.24, 2.45) is 5.73 Å². The third-order valence-corrected chi connectivity index (χ3v) is 4.19. The van der Waals surface area contributed by atoms with Gasteiger partial charge in [0.05, 0.1) is 7.11 Å². The molecule has 0 aliphatic heterocycles. The highest BCUT2D eigenvalue weighted by molar-refractivity contribution is 5.44. The van der Waals surface area contributed by atoms with Crippen LogP contribution in [-0.2, 0) is 5.41 Å². The van der Waals surface area contributed by atoms with Crippen molar-refractivity contribution in [3.8, 4) is 11.5 Å². The number of nitrogens with two attached hydrogens (primary N) is 1. The maximum Gasteiger partial charge on any atom is 0.124 e. The molecule has 0 saturated heterocycles. The van der Waals surface area contributed by atoms with Crippen molar-refractivity contribution in [3.63, 3.8) is 0 Å². The molecule has 3 nitrogen and oxygen atoms in total. The van der Waals surface area contributed by atoms with Gasteiger partial charge in [0.25, 0.3) is 0 Å². The van der Waals surface area contributed by atoms with Crippen LogP contribution >= 0.6 is 0 Å². The standard InChI is InChI=1S/C17H27NO2/c1-16(2,3)14-12-13(19-4)6-7-15(14)20-17(10-11-18)8-5-9-17/h6-7,12H,5,8-11,18H2,1-4H3. The van der Waals surface area contributed by atoms with E-state index in [4.69, 9.17) is 15.2 Å². The summed E-state index contributed by atoms with van der Waals surface area (Å²) in [4.78, 5) is 0. The van der Waals surface area contributed by atoms with Crippen molar-refractivity contribution >= 4 is 0 Å². The van der Waals surface area contributed by atoms with Crippen LogP contribution in [0, 0.1) is 0 Å². The molecule has 1 aliphatic rings. The fourth-order valence-corrected chi connectivity index (χ4v) is 2.78. The van der Waals surface area contributed by atoms with Gasteiger partial charge >= 0.3 is 0 Å². The van der Waals surface area contributed by atoms with Gasteiger partial charge in [-0.15, -0.1) is 0 Å². The van der Waals surface area contributed by atoms with Crippen LogP contribution in [-0.4, -0.2) is 19.3 Å². The maximum absolute atomic E-state index is 6.40. The van der Waals surface area contributed by atoms with Crippen LogP contribution in [0.3, 0.4) is 0 Å². The molecule has 1 aromatic rings. The summed E-state index contributed by atoms with van der Waals surface area (Å²) in [5.74, 6) is 1.86. The fraction of sp³-hybridized carbons (Fsp3) is 0.647. The first-order valence-electron chi connectivity index (χ1n) is 7.48. The molecule has 1 fully saturated rings. The first kappa shape index (κ1) is 15.2. The third-order valence-electron chi connectivity index (χ3n) is 4.19. The lowest BCUT2D eigenvalue weighted by Gasteiger charge is -2.43. The third kappa shape index (κ3) is 3.09. The highest BCUT2D eigenvalue weighted by atomic mass is 16.5. The maximum atomic E-state index is 6.40. The predicted octanol–water partition coefficient (Wildman–Crippen LogP) is 3.64. The molecule has 1 aromatic carbocycles. The number of ether oxygens (including phenoxy) is 2. The van der Waals surface area contributed by atoms with E-state index >= 15 is 0 Å². The Balaban J connectivity index is 2.31. The molecular formula is C17H27NO2. The Morgan fingerprint density at radius 1 is 1.25 bits per heavy atom. The summed E-state index contributed by atoms with van der Waals surface area (Å²) in [7, 11) is 1.70. The lowest BCUT2D eigenvalue weighted by molar-refractivity contribution is -0.0138. The second kappa shape index (κ2) is 5.65. The summed E-state index contributed by atoms with van der Waals surface area (Å²) in [5, 5.41) is 0. The molecule has 0 bridgehead atoms. The minimum absolute atomic E-state index is 0.0253. The molecule has 20 heavy (non-hydrogen) atoms. The van der Waals surface area contributed by atoms with Gasteiger partial charge in [-0.25, -0.2) is 0 Å². The summed E-state index contributed by atoms with van der Waals surface area (Å²) in [6.07, 6.45) is 4.39. The molecule has 0 unspecified atom stereocenters. The van der Waals surface area contributed by atoms with E-state index < -0.39 is 0 Å². The van der Waals surface area contributed by atoms with Crippen molar-refractivity contribution in [3.05, 3.63) is 23.8 Å². The normalized spacial score (nSPS) is 17.4. The number of hydrogen-bond acceptors (Lipinski definition) is 3. The molecule has 3 heteroatoms. The van der Waals surface area contributed by atoms with E-state index in [1.807, 2.05) is 12.1 Å². The Labute approximate surface area is 122 Å². The molecule has 1 saturated carbocycles. The monoisotopic (exact) mass is 277 g/mol. The highest BCUT2D eigenvalue weighted by Gasteiger charge is 2.39. The quantitative estimate of drug-likeness (QED) is 0.893. The van der Waals surface area contributed by atoms with E-state index in [-0.39, 0.29) is 11.0 Å². The lowest BCUT2D eigenvalue weighted by Crippen LogP contribution is -2.45. The summed E-state index contributed by atoms with van der Waals surface area (Å²) >= 11 is 0. The Morgan fingerprint density at radius 3 is 2.40 bits per heavy atom. The zero-order chi connectivity index (χ0) is 14.8. The molecule has 0 atom stereocenters. The van der Waals surface area contributed by atoms with Crippen LogP contribution in [0.15, 0.2) is 18.2 Å². The van der Waals surface area contributed by atoms with Crippen LogP contribution in [0.5, 0.6) is 11.5 Å². The van der Waals surface area contributed by atoms with Crippen molar-refractivity contribution in [2.45, 2.75) is 57.5 Å². The van der Waals surface area contributed by atoms with Crippen molar-refractivity contribution in [2.75, 3.05) is 13.7 Å². The van der Waals surface area contributed by atoms with Crippen LogP contribution in [0.2, 0.25) is 0 Å². The number of rotatable bonds is 5. The highest BCUT2D eigenvalue weighted by Crippen LogP contribution is 2.43. The smallest absolute Gasteiger partial charge is 0.124 e. The van der Waals surface area contributed by atoms with Gasteiger partial charge in [0.2, 0.25) is 0 Å². The summed E-state index contributed by atoms with van der Waals surface area (Å²) in [6.45, 7) is 7.28. The Bertz CT molecular complexity index is 459. The average Bonchev–Trinajstić information content (AvgIpc) is 2.35. The molecule has 112 valence electrons. The molecule has 2 N–H and O–H groups in total. The van der Waals surface area contributed by atoms with E-state index in [9.17, 15) is 0 Å². The van der Waals surface area contributed by atoms with Gasteiger partial charge in [-0.2, -0.15) is 0 Å². The molecular weight excluding hydrogens is 250 g/mol. The van der Waals surface area contributed by atoms with Crippen molar-refractivity contribution in [1.82, 2.24) is 0 Å². The van der Waals surface area contributed by atoms with E-state index in [1.165, 1.54) is 12.0 Å². The molecule has 1 aliphatic carbocycles. The van der Waals surface area contributed by atoms with Gasteiger partial charge in [-0.05, 0) is 55.8 Å². The minimum atomic E-state index is -0.0384. The largest absolute Gasteiger partial charge is 0.497 e. The number of methoxy groups -OCH3 is 1. The zero-order valence-corrected chi connectivity index (χ0v) is 13.2. The van der Waals surface area contributed by atoms with Gasteiger partial charge in [-0.3, -0.25) is 0 Å². The molecule has 0 heterocycles. The van der Waals surface area contributed by atoms with Gasteiger partial charge in [-0.1, -0.05) is 20.8 Å². The van der Waals surface area contributed by atoms with Gasteiger partial charge in [0.1, 0.15) is 17.1 Å². The number of hydrogen-bond donors (Lipinski definition) is 1. The van der Waals surface area contributed by atoms with E-state index in [0.29, 0.717) is 6.54 Å². The van der Waals surface area contributed by atoms with E-state index in [2.05, 4.69) is 26.8 Å². The SMILES string of the molecule is COc1ccc(OC2(CCN)CCC2)c(C(C)(C)C)c1. The zero-order valence-electron chi connectivity index (χ0n) is 13.2. The summed E-state index contributed by atoms with van der Waals surface area (Å²) in [5.41, 5.74) is 6.93. The van der Waals surface area contributed by atoms with Crippen LogP contribution in [0.1, 0.15) is 52.0 Å². The van der Waals surface area contributed by atoms with Crippen LogP contribution in [0.25, 0.3) is 0 Å². The van der Waals surface area contributed by atoms with Crippen molar-refractivity contribution in [1.29, 1.82) is 0 Å². The van der Waals surface area contributed by atoms with E-state index in [1.54, 1.807) is 7.11 Å². The lowest BCUT2D eigenvalue weighted by atomic mass is 9.77. The topological polar surface area (TPSA) is 44.5 Å². The first-order valence-corrected chi connectivity index (χ1v) is 7.48. The summed E-state index contributed by atoms with van der Waals surface area (Å²) < 4.78 is 11.7. The van der Waals surface area contributed by atoms with Crippen LogP contribution < -0.4 is 15.2 Å². The minimum Gasteiger partial charge on any atom is -0.497 e. The average molecular weight is 277 g/mol. The Kier molecular flexibility index (Phi) is 4.28. The van der Waals surface area contributed by atoms with Crippen molar-refractivity contribution < 1.29 is 9.47 Å².